The van der Waals surface area contributed by atoms with Crippen molar-refractivity contribution < 1.29 is 19.4 Å². The van der Waals surface area contributed by atoms with Gasteiger partial charge in [-0.25, -0.2) is 0 Å². The van der Waals surface area contributed by atoms with Crippen LogP contribution in [-0.4, -0.2) is 72.5 Å². The van der Waals surface area contributed by atoms with Crippen molar-refractivity contribution in [2.75, 3.05) is 33.9 Å². The zero-order valence-corrected chi connectivity index (χ0v) is 20.6. The molecule has 2 aromatic carbocycles. The highest BCUT2D eigenvalue weighted by Gasteiger charge is 2.49. The van der Waals surface area contributed by atoms with E-state index in [1.165, 1.54) is 0 Å². The molecule has 4 N–H and O–H groups in total. The van der Waals surface area contributed by atoms with Gasteiger partial charge in [0.15, 0.2) is 5.85 Å². The average molecular weight is 481 g/mol. The molecule has 1 unspecified atom stereocenters. The number of carboxylic acids is 1. The Morgan fingerprint density at radius 1 is 1.17 bits per heavy atom. The zero-order chi connectivity index (χ0) is 25.0. The van der Waals surface area contributed by atoms with Crippen LogP contribution in [0.25, 0.3) is 11.1 Å². The second-order valence-corrected chi connectivity index (χ2v) is 9.78. The van der Waals surface area contributed by atoms with Crippen LogP contribution >= 0.6 is 0 Å². The number of hydrogen-bond donors (Lipinski definition) is 3. The van der Waals surface area contributed by atoms with Crippen LogP contribution in [-0.2, 0) is 9.53 Å². The Kier molecular flexibility index (Phi) is 7.74. The Bertz CT molecular complexity index is 1020. The quantitative estimate of drug-likeness (QED) is 0.371. The minimum atomic E-state index is -0.757. The molecule has 2 saturated heterocycles. The summed E-state index contributed by atoms with van der Waals surface area (Å²) in [5.74, 6) is -0.369. The third kappa shape index (κ3) is 5.66. The number of nitrogens with zero attached hydrogens (tertiary/aromatic N) is 2. The molecule has 2 heterocycles. The van der Waals surface area contributed by atoms with E-state index >= 15 is 0 Å². The minimum absolute atomic E-state index is 0.0570. The van der Waals surface area contributed by atoms with Crippen LogP contribution in [0.2, 0.25) is 0 Å². The van der Waals surface area contributed by atoms with Gasteiger partial charge in [0.1, 0.15) is 18.2 Å². The molecule has 0 aliphatic carbocycles. The highest BCUT2D eigenvalue weighted by molar-refractivity contribution is 5.95. The lowest BCUT2D eigenvalue weighted by Gasteiger charge is -2.50. The number of ether oxygens (including phenoxy) is 2. The molecular formula is C27H36N4O4. The molecule has 0 radical (unpaired) electrons. The minimum Gasteiger partial charge on any atom is -0.492 e. The van der Waals surface area contributed by atoms with Gasteiger partial charge in [-0.15, -0.1) is 0 Å². The molecule has 0 spiro atoms. The van der Waals surface area contributed by atoms with Gasteiger partial charge in [-0.3, -0.25) is 20.0 Å². The molecular weight excluding hydrogens is 444 g/mol. The Hall–Kier alpha value is -2.94. The summed E-state index contributed by atoms with van der Waals surface area (Å²) < 4.78 is 12.6. The number of carbonyl (C=O) groups is 1. The molecule has 188 valence electrons. The van der Waals surface area contributed by atoms with E-state index in [1.54, 1.807) is 0 Å². The summed E-state index contributed by atoms with van der Waals surface area (Å²) in [5, 5.41) is 16.9. The standard InChI is InChI=1S/C27H36N4O4/c1-30(2)27(13-3-4-14-35-27)31-17-19(16-25(32)33)15-23(31)18-34-24-11-9-21(10-12-24)20-5-7-22(8-6-20)26(28)29/h5-12,19,23H,3-4,13-18H2,1-2H3,(H3,28,29)(H,32,33)/t19-,23-,27?/m0/s1. The van der Waals surface area contributed by atoms with E-state index in [2.05, 4.69) is 9.80 Å². The van der Waals surface area contributed by atoms with Crippen molar-refractivity contribution in [1.29, 1.82) is 5.41 Å². The maximum Gasteiger partial charge on any atom is 0.303 e. The smallest absolute Gasteiger partial charge is 0.303 e. The van der Waals surface area contributed by atoms with Crippen LogP contribution in [0, 0.1) is 11.3 Å². The number of rotatable bonds is 9. The van der Waals surface area contributed by atoms with Gasteiger partial charge in [-0.05, 0) is 62.5 Å². The van der Waals surface area contributed by atoms with Gasteiger partial charge in [-0.1, -0.05) is 36.4 Å². The normalized spacial score (nSPS) is 25.0. The number of nitrogens with one attached hydrogen (secondary N) is 1. The Balaban J connectivity index is 1.46. The van der Waals surface area contributed by atoms with Crippen molar-refractivity contribution in [1.82, 2.24) is 9.80 Å². The lowest BCUT2D eigenvalue weighted by Crippen LogP contribution is -2.63. The van der Waals surface area contributed by atoms with E-state index in [4.69, 9.17) is 20.6 Å². The summed E-state index contributed by atoms with van der Waals surface area (Å²) >= 11 is 0. The van der Waals surface area contributed by atoms with Crippen molar-refractivity contribution in [2.24, 2.45) is 11.7 Å². The van der Waals surface area contributed by atoms with Crippen molar-refractivity contribution in [3.63, 3.8) is 0 Å². The van der Waals surface area contributed by atoms with Crippen LogP contribution < -0.4 is 10.5 Å². The van der Waals surface area contributed by atoms with Crippen molar-refractivity contribution >= 4 is 11.8 Å². The van der Waals surface area contributed by atoms with Crippen molar-refractivity contribution in [2.45, 2.75) is 44.0 Å². The lowest BCUT2D eigenvalue weighted by molar-refractivity contribution is -0.260. The van der Waals surface area contributed by atoms with E-state index < -0.39 is 11.8 Å². The Labute approximate surface area is 207 Å². The molecule has 0 bridgehead atoms. The van der Waals surface area contributed by atoms with E-state index in [0.717, 1.165) is 42.6 Å². The molecule has 0 saturated carbocycles. The van der Waals surface area contributed by atoms with Gasteiger partial charge in [0.25, 0.3) is 0 Å². The number of nitrogens with two attached hydrogens (primary N) is 1. The van der Waals surface area contributed by atoms with E-state index in [9.17, 15) is 9.90 Å². The van der Waals surface area contributed by atoms with Gasteiger partial charge < -0.3 is 20.3 Å². The van der Waals surface area contributed by atoms with Crippen LogP contribution in [0.5, 0.6) is 5.75 Å². The number of aliphatic carboxylic acids is 1. The second kappa shape index (κ2) is 10.8. The molecule has 2 fully saturated rings. The largest absolute Gasteiger partial charge is 0.492 e. The molecule has 2 aliphatic rings. The average Bonchev–Trinajstić information content (AvgIpc) is 3.25. The van der Waals surface area contributed by atoms with E-state index in [0.29, 0.717) is 25.3 Å². The predicted molar refractivity (Wildman–Crippen MR) is 135 cm³/mol. The highest BCUT2D eigenvalue weighted by Crippen LogP contribution is 2.39. The number of amidine groups is 1. The van der Waals surface area contributed by atoms with Gasteiger partial charge >= 0.3 is 5.97 Å². The predicted octanol–water partition coefficient (Wildman–Crippen LogP) is 3.60. The molecule has 8 heteroatoms. The molecule has 3 atom stereocenters. The molecule has 35 heavy (non-hydrogen) atoms. The molecule has 0 aromatic heterocycles. The second-order valence-electron chi connectivity index (χ2n) is 9.78. The summed E-state index contributed by atoms with van der Waals surface area (Å²) in [7, 11) is 4.07. The SMILES string of the molecule is CN(C)C1(N2C[C@H](CC(=O)O)C[C@H]2COc2ccc(-c3ccc(C(=N)N)cc3)cc2)CCCCO1. The summed E-state index contributed by atoms with van der Waals surface area (Å²) in [6, 6.07) is 15.6. The fourth-order valence-electron chi connectivity index (χ4n) is 5.37. The topological polar surface area (TPSA) is 112 Å². The number of nitrogen functional groups attached to an aromatic ring is 1. The van der Waals surface area contributed by atoms with Gasteiger partial charge in [0.2, 0.25) is 0 Å². The first-order valence-corrected chi connectivity index (χ1v) is 12.3. The number of likely N-dealkylation sites (tertiary alicyclic amines) is 1. The van der Waals surface area contributed by atoms with Gasteiger partial charge in [0, 0.05) is 31.0 Å². The lowest BCUT2D eigenvalue weighted by atomic mass is 10.0. The van der Waals surface area contributed by atoms with Crippen molar-refractivity contribution in [3.05, 3.63) is 54.1 Å². The maximum atomic E-state index is 11.4. The molecule has 8 nitrogen and oxygen atoms in total. The Morgan fingerprint density at radius 3 is 2.37 bits per heavy atom. The van der Waals surface area contributed by atoms with Crippen LogP contribution in [0.15, 0.2) is 48.5 Å². The van der Waals surface area contributed by atoms with Gasteiger partial charge in [-0.2, -0.15) is 0 Å². The number of benzene rings is 2. The number of carboxylic acid groups (broad SMARTS) is 1. The first kappa shape index (κ1) is 25.2. The summed E-state index contributed by atoms with van der Waals surface area (Å²) in [6.07, 6.45) is 3.96. The third-order valence-electron chi connectivity index (χ3n) is 7.17. The van der Waals surface area contributed by atoms with Crippen LogP contribution in [0.4, 0.5) is 0 Å². The first-order chi connectivity index (χ1) is 16.8. The summed E-state index contributed by atoms with van der Waals surface area (Å²) in [4.78, 5) is 15.9. The highest BCUT2D eigenvalue weighted by atomic mass is 16.5. The van der Waals surface area contributed by atoms with Crippen molar-refractivity contribution in [3.8, 4) is 16.9 Å². The van der Waals surface area contributed by atoms with Crippen LogP contribution in [0.1, 0.15) is 37.7 Å². The fourth-order valence-corrected chi connectivity index (χ4v) is 5.37. The zero-order valence-electron chi connectivity index (χ0n) is 20.6. The Morgan fingerprint density at radius 2 is 1.83 bits per heavy atom. The van der Waals surface area contributed by atoms with Gasteiger partial charge in [0.05, 0.1) is 6.61 Å². The van der Waals surface area contributed by atoms with Crippen LogP contribution in [0.3, 0.4) is 0 Å². The third-order valence-corrected chi connectivity index (χ3v) is 7.17. The number of hydrogen-bond acceptors (Lipinski definition) is 6. The van der Waals surface area contributed by atoms with E-state index in [1.807, 2.05) is 62.6 Å². The molecule has 0 amide bonds. The first-order valence-electron chi connectivity index (χ1n) is 12.3. The summed E-state index contributed by atoms with van der Waals surface area (Å²) in [6.45, 7) is 1.87. The summed E-state index contributed by atoms with van der Waals surface area (Å²) in [5.41, 5.74) is 8.35. The van der Waals surface area contributed by atoms with E-state index in [-0.39, 0.29) is 24.2 Å². The molecule has 2 aliphatic heterocycles. The monoisotopic (exact) mass is 480 g/mol. The fraction of sp³-hybridized carbons (Fsp3) is 0.481. The molecule has 2 aromatic rings. The maximum absolute atomic E-state index is 11.4. The molecule has 4 rings (SSSR count).